The van der Waals surface area contributed by atoms with Gasteiger partial charge < -0.3 is 15.4 Å². The van der Waals surface area contributed by atoms with Gasteiger partial charge in [0.1, 0.15) is 5.75 Å². The number of hydrogen-bond donors (Lipinski definition) is 2. The molecule has 2 saturated heterocycles. The van der Waals surface area contributed by atoms with Crippen molar-refractivity contribution in [3.05, 3.63) is 28.8 Å². The first-order valence-corrected chi connectivity index (χ1v) is 10.0. The minimum atomic E-state index is -0.0488. The third-order valence-electron chi connectivity index (χ3n) is 5.65. The van der Waals surface area contributed by atoms with Crippen LogP contribution >= 0.6 is 11.6 Å². The first-order chi connectivity index (χ1) is 12.5. The molecule has 0 unspecified atom stereocenters. The molecule has 2 fully saturated rings. The van der Waals surface area contributed by atoms with Crippen LogP contribution in [0.2, 0.25) is 5.02 Å². The van der Waals surface area contributed by atoms with Crippen LogP contribution in [0.25, 0.3) is 0 Å². The monoisotopic (exact) mass is 379 g/mol. The average molecular weight is 380 g/mol. The van der Waals surface area contributed by atoms with E-state index in [1.807, 2.05) is 18.2 Å². The van der Waals surface area contributed by atoms with E-state index < -0.39 is 0 Å². The van der Waals surface area contributed by atoms with Crippen molar-refractivity contribution in [2.75, 3.05) is 33.3 Å². The molecule has 1 aromatic carbocycles. The Labute approximate surface area is 161 Å². The van der Waals surface area contributed by atoms with Crippen LogP contribution < -0.4 is 15.4 Å². The van der Waals surface area contributed by atoms with Gasteiger partial charge in [-0.25, -0.2) is 0 Å². The molecule has 0 saturated carbocycles. The SMILES string of the molecule is CCCOc1ccc(Cl)cc1CNC(=O)[C@@H]1CC2(CCNCC2)CN1C. The molecule has 1 amide bonds. The second kappa shape index (κ2) is 8.59. The minimum Gasteiger partial charge on any atom is -0.493 e. The minimum absolute atomic E-state index is 0.0488. The molecule has 2 heterocycles. The highest BCUT2D eigenvalue weighted by Crippen LogP contribution is 2.41. The molecule has 0 radical (unpaired) electrons. The molecule has 1 aromatic rings. The normalized spacial score (nSPS) is 22.5. The Morgan fingerprint density at radius 1 is 1.42 bits per heavy atom. The van der Waals surface area contributed by atoms with Gasteiger partial charge in [-0.1, -0.05) is 18.5 Å². The first-order valence-electron chi connectivity index (χ1n) is 9.63. The highest BCUT2D eigenvalue weighted by atomic mass is 35.5. The van der Waals surface area contributed by atoms with E-state index >= 15 is 0 Å². The van der Waals surface area contributed by atoms with E-state index in [0.717, 1.165) is 56.6 Å². The van der Waals surface area contributed by atoms with E-state index in [2.05, 4.69) is 29.5 Å². The number of benzene rings is 1. The van der Waals surface area contributed by atoms with E-state index in [1.54, 1.807) is 0 Å². The van der Waals surface area contributed by atoms with E-state index in [0.29, 0.717) is 23.6 Å². The highest BCUT2D eigenvalue weighted by Gasteiger charge is 2.45. The Hall–Kier alpha value is -1.30. The Bertz CT molecular complexity index is 631. The van der Waals surface area contributed by atoms with Gasteiger partial charge in [0.25, 0.3) is 0 Å². The van der Waals surface area contributed by atoms with Crippen molar-refractivity contribution in [1.82, 2.24) is 15.5 Å². The highest BCUT2D eigenvalue weighted by molar-refractivity contribution is 6.30. The molecule has 5 nitrogen and oxygen atoms in total. The molecular formula is C20H30ClN3O2. The lowest BCUT2D eigenvalue weighted by Gasteiger charge is -2.33. The number of rotatable bonds is 6. The van der Waals surface area contributed by atoms with Crippen LogP contribution in [-0.4, -0.2) is 50.1 Å². The molecule has 26 heavy (non-hydrogen) atoms. The molecule has 2 N–H and O–H groups in total. The van der Waals surface area contributed by atoms with Gasteiger partial charge in [0, 0.05) is 23.7 Å². The van der Waals surface area contributed by atoms with Crippen molar-refractivity contribution < 1.29 is 9.53 Å². The number of likely N-dealkylation sites (N-methyl/N-ethyl adjacent to an activating group) is 1. The number of nitrogens with zero attached hydrogens (tertiary/aromatic N) is 1. The first kappa shape index (κ1) is 19.5. The quantitative estimate of drug-likeness (QED) is 0.798. The Morgan fingerprint density at radius 2 is 2.19 bits per heavy atom. The molecule has 2 aliphatic rings. The van der Waals surface area contributed by atoms with Crippen LogP contribution in [0.5, 0.6) is 5.75 Å². The molecule has 1 spiro atoms. The Kier molecular flexibility index (Phi) is 6.43. The van der Waals surface area contributed by atoms with E-state index in [9.17, 15) is 4.79 Å². The van der Waals surface area contributed by atoms with Crippen molar-refractivity contribution in [1.29, 1.82) is 0 Å². The molecule has 0 bridgehead atoms. The van der Waals surface area contributed by atoms with Crippen molar-refractivity contribution in [2.45, 2.75) is 45.2 Å². The number of carbonyl (C=O) groups excluding carboxylic acids is 1. The van der Waals surface area contributed by atoms with Crippen molar-refractivity contribution >= 4 is 17.5 Å². The second-order valence-electron chi connectivity index (χ2n) is 7.70. The molecule has 6 heteroatoms. The lowest BCUT2D eigenvalue weighted by molar-refractivity contribution is -0.125. The predicted octanol–water partition coefficient (Wildman–Crippen LogP) is 2.82. The lowest BCUT2D eigenvalue weighted by atomic mass is 9.77. The fourth-order valence-corrected chi connectivity index (χ4v) is 4.42. The lowest BCUT2D eigenvalue weighted by Crippen LogP contribution is -2.41. The number of ether oxygens (including phenoxy) is 1. The number of hydrogen-bond acceptors (Lipinski definition) is 4. The van der Waals surface area contributed by atoms with Crippen LogP contribution in [-0.2, 0) is 11.3 Å². The summed E-state index contributed by atoms with van der Waals surface area (Å²) in [5, 5.41) is 7.18. The Morgan fingerprint density at radius 3 is 2.92 bits per heavy atom. The Balaban J connectivity index is 1.61. The summed E-state index contributed by atoms with van der Waals surface area (Å²) in [7, 11) is 2.07. The molecule has 3 rings (SSSR count). The number of halogens is 1. The summed E-state index contributed by atoms with van der Waals surface area (Å²) >= 11 is 6.13. The van der Waals surface area contributed by atoms with Gasteiger partial charge in [0.15, 0.2) is 0 Å². The topological polar surface area (TPSA) is 53.6 Å². The fraction of sp³-hybridized carbons (Fsp3) is 0.650. The van der Waals surface area contributed by atoms with Crippen molar-refractivity contribution in [3.63, 3.8) is 0 Å². The zero-order chi connectivity index (χ0) is 18.6. The number of likely N-dealkylation sites (tertiary alicyclic amines) is 1. The number of piperidine rings is 1. The summed E-state index contributed by atoms with van der Waals surface area (Å²) in [6.07, 6.45) is 4.21. The molecule has 2 aliphatic heterocycles. The van der Waals surface area contributed by atoms with Gasteiger partial charge in [-0.2, -0.15) is 0 Å². The smallest absolute Gasteiger partial charge is 0.237 e. The standard InChI is InChI=1S/C20H30ClN3O2/c1-3-10-26-18-5-4-16(21)11-15(18)13-23-19(25)17-12-20(14-24(17)2)6-8-22-9-7-20/h4-5,11,17,22H,3,6-10,12-14H2,1-2H3,(H,23,25)/t17-/m0/s1. The molecular weight excluding hydrogens is 350 g/mol. The maximum absolute atomic E-state index is 12.8. The summed E-state index contributed by atoms with van der Waals surface area (Å²) in [6, 6.07) is 5.53. The zero-order valence-electron chi connectivity index (χ0n) is 15.8. The summed E-state index contributed by atoms with van der Waals surface area (Å²) < 4.78 is 5.78. The zero-order valence-corrected chi connectivity index (χ0v) is 16.6. The molecule has 1 atom stereocenters. The maximum atomic E-state index is 12.8. The third-order valence-corrected chi connectivity index (χ3v) is 5.88. The summed E-state index contributed by atoms with van der Waals surface area (Å²) in [5.74, 6) is 0.899. The van der Waals surface area contributed by atoms with Crippen molar-refractivity contribution in [2.24, 2.45) is 5.41 Å². The largest absolute Gasteiger partial charge is 0.493 e. The molecule has 0 aromatic heterocycles. The number of nitrogens with one attached hydrogen (secondary N) is 2. The number of amides is 1. The van der Waals surface area contributed by atoms with Crippen LogP contribution in [0.3, 0.4) is 0 Å². The van der Waals surface area contributed by atoms with Gasteiger partial charge in [-0.15, -0.1) is 0 Å². The van der Waals surface area contributed by atoms with E-state index in [1.165, 1.54) is 0 Å². The maximum Gasteiger partial charge on any atom is 0.237 e. The van der Waals surface area contributed by atoms with Crippen LogP contribution in [0.1, 0.15) is 38.2 Å². The fourth-order valence-electron chi connectivity index (χ4n) is 4.22. The molecule has 0 aliphatic carbocycles. The van der Waals surface area contributed by atoms with E-state index in [4.69, 9.17) is 16.3 Å². The van der Waals surface area contributed by atoms with Crippen LogP contribution in [0.15, 0.2) is 18.2 Å². The summed E-state index contributed by atoms with van der Waals surface area (Å²) in [5.41, 5.74) is 1.23. The third kappa shape index (κ3) is 4.51. The molecule has 144 valence electrons. The van der Waals surface area contributed by atoms with Gasteiger partial charge >= 0.3 is 0 Å². The van der Waals surface area contributed by atoms with Crippen molar-refractivity contribution in [3.8, 4) is 5.75 Å². The second-order valence-corrected chi connectivity index (χ2v) is 8.14. The summed E-state index contributed by atoms with van der Waals surface area (Å²) in [6.45, 7) is 6.30. The van der Waals surface area contributed by atoms with Gasteiger partial charge in [0.2, 0.25) is 5.91 Å². The summed E-state index contributed by atoms with van der Waals surface area (Å²) in [4.78, 5) is 15.0. The number of carbonyl (C=O) groups is 1. The van der Waals surface area contributed by atoms with Gasteiger partial charge in [-0.05, 0) is 69.4 Å². The van der Waals surface area contributed by atoms with Crippen LogP contribution in [0, 0.1) is 5.41 Å². The predicted molar refractivity (Wildman–Crippen MR) is 105 cm³/mol. The van der Waals surface area contributed by atoms with Crippen LogP contribution in [0.4, 0.5) is 0 Å². The van der Waals surface area contributed by atoms with E-state index in [-0.39, 0.29) is 11.9 Å². The van der Waals surface area contributed by atoms with Gasteiger partial charge in [0.05, 0.1) is 12.6 Å². The van der Waals surface area contributed by atoms with Gasteiger partial charge in [-0.3, -0.25) is 9.69 Å². The average Bonchev–Trinajstić information content (AvgIpc) is 2.95.